The molecule has 0 aromatic carbocycles. The van der Waals surface area contributed by atoms with Crippen LogP contribution in [-0.2, 0) is 0 Å². The van der Waals surface area contributed by atoms with E-state index >= 15 is 0 Å². The van der Waals surface area contributed by atoms with Gasteiger partial charge in [0.2, 0.25) is 0 Å². The van der Waals surface area contributed by atoms with Crippen LogP contribution in [0.4, 0.5) is 0 Å². The molecule has 0 aliphatic rings. The molecule has 0 heterocycles. The van der Waals surface area contributed by atoms with E-state index in [0.29, 0.717) is 0 Å². The van der Waals surface area contributed by atoms with Crippen molar-refractivity contribution in [2.75, 3.05) is 0 Å². The van der Waals surface area contributed by atoms with Crippen LogP contribution < -0.4 is 0 Å². The van der Waals surface area contributed by atoms with Crippen LogP contribution in [-0.4, -0.2) is 20.0 Å². The standard InChI is InChI=1S/C13H27.ClH.Sn/c1-3-5-7-9-11-13-12-10-8-6-4-2;;/h1,3-13H2,2H3;1H;/q;;+1/p-1. The summed E-state index contributed by atoms with van der Waals surface area (Å²) in [7, 11) is 5.79. The second-order valence-electron chi connectivity index (χ2n) is 4.42. The molecule has 0 saturated carbocycles. The fourth-order valence-electron chi connectivity index (χ4n) is 1.86. The van der Waals surface area contributed by atoms with Crippen LogP contribution in [0.1, 0.15) is 77.6 Å². The number of rotatable bonds is 12. The summed E-state index contributed by atoms with van der Waals surface area (Å²) in [6.07, 6.45) is 15.9. The fraction of sp³-hybridized carbons (Fsp3) is 1.00. The molecule has 0 N–H and O–H groups in total. The Balaban J connectivity index is 2.81. The van der Waals surface area contributed by atoms with Crippen molar-refractivity contribution in [1.82, 2.24) is 0 Å². The van der Waals surface area contributed by atoms with Crippen molar-refractivity contribution in [3.05, 3.63) is 0 Å². The van der Waals surface area contributed by atoms with Gasteiger partial charge in [-0.3, -0.25) is 0 Å². The van der Waals surface area contributed by atoms with E-state index in [-0.39, 0.29) is 0 Å². The van der Waals surface area contributed by atoms with E-state index in [4.69, 9.17) is 8.92 Å². The Morgan fingerprint density at radius 1 is 0.667 bits per heavy atom. The molecule has 0 aromatic heterocycles. The van der Waals surface area contributed by atoms with E-state index in [0.717, 1.165) is 0 Å². The minimum atomic E-state index is -0.397. The number of hydrogen-bond donors (Lipinski definition) is 0. The Bertz CT molecular complexity index is 94.7. The molecule has 0 saturated heterocycles. The van der Waals surface area contributed by atoms with Gasteiger partial charge in [-0.25, -0.2) is 0 Å². The molecular formula is C13H27ClSn. The van der Waals surface area contributed by atoms with Crippen molar-refractivity contribution in [3.63, 3.8) is 0 Å². The van der Waals surface area contributed by atoms with Gasteiger partial charge in [0.15, 0.2) is 0 Å². The number of halogens is 1. The molecule has 2 heteroatoms. The summed E-state index contributed by atoms with van der Waals surface area (Å²) in [5.74, 6) is 0. The summed E-state index contributed by atoms with van der Waals surface area (Å²) < 4.78 is 1.38. The first kappa shape index (κ1) is 16.1. The molecule has 15 heavy (non-hydrogen) atoms. The van der Waals surface area contributed by atoms with Gasteiger partial charge in [-0.15, -0.1) is 0 Å². The summed E-state index contributed by atoms with van der Waals surface area (Å²) in [6.45, 7) is 2.28. The van der Waals surface area contributed by atoms with E-state index in [1.165, 1.54) is 75.1 Å². The van der Waals surface area contributed by atoms with E-state index in [1.54, 1.807) is 0 Å². The number of hydrogen-bond acceptors (Lipinski definition) is 0. The van der Waals surface area contributed by atoms with Gasteiger partial charge in [0.1, 0.15) is 0 Å². The molecule has 2 radical (unpaired) electrons. The van der Waals surface area contributed by atoms with Crippen molar-refractivity contribution in [2.24, 2.45) is 0 Å². The molecule has 0 unspecified atom stereocenters. The third kappa shape index (κ3) is 15.1. The zero-order valence-electron chi connectivity index (χ0n) is 10.4. The summed E-state index contributed by atoms with van der Waals surface area (Å²) in [5.41, 5.74) is 0. The van der Waals surface area contributed by atoms with Gasteiger partial charge in [-0.05, 0) is 0 Å². The van der Waals surface area contributed by atoms with Gasteiger partial charge < -0.3 is 0 Å². The molecule has 0 aromatic rings. The van der Waals surface area contributed by atoms with Crippen molar-refractivity contribution in [2.45, 2.75) is 82.0 Å². The SMILES string of the molecule is CCCCCCCCCCCC[CH2][Sn][Cl]. The molecule has 0 aliphatic carbocycles. The van der Waals surface area contributed by atoms with Gasteiger partial charge in [0, 0.05) is 0 Å². The fourth-order valence-corrected chi connectivity index (χ4v) is 3.85. The van der Waals surface area contributed by atoms with Crippen LogP contribution >= 0.6 is 8.92 Å². The Hall–Kier alpha value is 1.09. The van der Waals surface area contributed by atoms with E-state index < -0.39 is 20.0 Å². The van der Waals surface area contributed by atoms with E-state index in [2.05, 4.69) is 6.92 Å². The Morgan fingerprint density at radius 2 is 1.07 bits per heavy atom. The first-order valence-corrected chi connectivity index (χ1v) is 12.4. The van der Waals surface area contributed by atoms with Crippen LogP contribution in [0.2, 0.25) is 4.44 Å². The van der Waals surface area contributed by atoms with Gasteiger partial charge in [-0.1, -0.05) is 6.92 Å². The predicted molar refractivity (Wildman–Crippen MR) is 72.9 cm³/mol. The topological polar surface area (TPSA) is 0 Å². The molecule has 0 rings (SSSR count). The second-order valence-corrected chi connectivity index (χ2v) is 8.40. The maximum atomic E-state index is 5.79. The third-order valence-electron chi connectivity index (χ3n) is 2.87. The van der Waals surface area contributed by atoms with Gasteiger partial charge in [0.05, 0.1) is 0 Å². The van der Waals surface area contributed by atoms with Crippen LogP contribution in [0.25, 0.3) is 0 Å². The molecule has 0 spiro atoms. The maximum absolute atomic E-state index is 5.79. The summed E-state index contributed by atoms with van der Waals surface area (Å²) in [5, 5.41) is 0. The van der Waals surface area contributed by atoms with Crippen molar-refractivity contribution >= 4 is 28.9 Å². The molecule has 0 bridgehead atoms. The van der Waals surface area contributed by atoms with Gasteiger partial charge >= 0.3 is 104 Å². The summed E-state index contributed by atoms with van der Waals surface area (Å²) >= 11 is -0.397. The van der Waals surface area contributed by atoms with Crippen molar-refractivity contribution < 1.29 is 0 Å². The zero-order chi connectivity index (χ0) is 11.2. The molecule has 90 valence electrons. The quantitative estimate of drug-likeness (QED) is 0.322. The van der Waals surface area contributed by atoms with E-state index in [9.17, 15) is 0 Å². The summed E-state index contributed by atoms with van der Waals surface area (Å²) in [4.78, 5) is 0. The molecule has 0 atom stereocenters. The molecule has 0 amide bonds. The Kier molecular flexibility index (Phi) is 16.2. The first-order valence-electron chi connectivity index (χ1n) is 6.75. The Labute approximate surface area is 110 Å². The van der Waals surface area contributed by atoms with Crippen LogP contribution in [0.3, 0.4) is 0 Å². The second kappa shape index (κ2) is 15.1. The van der Waals surface area contributed by atoms with Gasteiger partial charge in [-0.2, -0.15) is 0 Å². The molecule has 0 aliphatic heterocycles. The molecule has 0 fully saturated rings. The van der Waals surface area contributed by atoms with Crippen LogP contribution in [0, 0.1) is 0 Å². The number of unbranched alkanes of at least 4 members (excludes halogenated alkanes) is 10. The molecule has 0 nitrogen and oxygen atoms in total. The van der Waals surface area contributed by atoms with E-state index in [1.807, 2.05) is 0 Å². The molecular weight excluding hydrogens is 310 g/mol. The van der Waals surface area contributed by atoms with Gasteiger partial charge in [0.25, 0.3) is 0 Å². The van der Waals surface area contributed by atoms with Crippen LogP contribution in [0.5, 0.6) is 0 Å². The van der Waals surface area contributed by atoms with Crippen LogP contribution in [0.15, 0.2) is 0 Å². The van der Waals surface area contributed by atoms with Crippen molar-refractivity contribution in [3.8, 4) is 0 Å². The normalized spacial score (nSPS) is 10.8. The monoisotopic (exact) mass is 338 g/mol. The minimum absolute atomic E-state index is 0.397. The summed E-state index contributed by atoms with van der Waals surface area (Å²) in [6, 6.07) is 0. The van der Waals surface area contributed by atoms with Crippen molar-refractivity contribution in [1.29, 1.82) is 0 Å². The third-order valence-corrected chi connectivity index (χ3v) is 5.69. The average molecular weight is 338 g/mol. The first-order chi connectivity index (χ1) is 7.41. The Morgan fingerprint density at radius 3 is 1.47 bits per heavy atom. The predicted octanol–water partition coefficient (Wildman–Crippen LogP) is 5.57. The zero-order valence-corrected chi connectivity index (χ0v) is 14.0. The average Bonchev–Trinajstić information content (AvgIpc) is 2.26.